The minimum atomic E-state index is -0.362. The van der Waals surface area contributed by atoms with Gasteiger partial charge in [0.25, 0.3) is 0 Å². The van der Waals surface area contributed by atoms with Crippen LogP contribution >= 0.6 is 0 Å². The summed E-state index contributed by atoms with van der Waals surface area (Å²) in [5.74, 6) is 0. The molecule has 20 heavy (non-hydrogen) atoms. The normalized spacial score (nSPS) is 12.8. The van der Waals surface area contributed by atoms with Crippen molar-refractivity contribution < 1.29 is 5.11 Å². The maximum atomic E-state index is 10.4. The first kappa shape index (κ1) is 17.2. The highest BCUT2D eigenvalue weighted by atomic mass is 16.3. The molecule has 0 aromatic heterocycles. The van der Waals surface area contributed by atoms with Crippen molar-refractivity contribution in [2.24, 2.45) is 0 Å². The number of hydrogen-bond donors (Lipinski definition) is 1. The molecule has 1 N–H and O–H groups in total. The summed E-state index contributed by atoms with van der Waals surface area (Å²) in [6, 6.07) is 10.0. The lowest BCUT2D eigenvalue weighted by Crippen LogP contribution is -2.30. The van der Waals surface area contributed by atoms with Crippen molar-refractivity contribution in [3.63, 3.8) is 0 Å². The van der Waals surface area contributed by atoms with Crippen molar-refractivity contribution in [3.05, 3.63) is 35.9 Å². The molecule has 0 aliphatic rings. The Labute approximate surface area is 124 Å². The van der Waals surface area contributed by atoms with Gasteiger partial charge in [-0.15, -0.1) is 0 Å². The average molecular weight is 277 g/mol. The molecule has 1 rings (SSSR count). The molecule has 0 saturated carbocycles. The van der Waals surface area contributed by atoms with E-state index in [2.05, 4.69) is 18.7 Å². The first-order valence-electron chi connectivity index (χ1n) is 8.23. The Kier molecular flexibility index (Phi) is 9.35. The van der Waals surface area contributed by atoms with Gasteiger partial charge in [-0.1, -0.05) is 69.9 Å². The van der Waals surface area contributed by atoms with E-state index >= 15 is 0 Å². The van der Waals surface area contributed by atoms with Gasteiger partial charge in [-0.3, -0.25) is 0 Å². The molecule has 1 aromatic carbocycles. The van der Waals surface area contributed by atoms with Crippen LogP contribution in [0.5, 0.6) is 0 Å². The largest absolute Gasteiger partial charge is 0.387 e. The van der Waals surface area contributed by atoms with Gasteiger partial charge in [0.1, 0.15) is 0 Å². The van der Waals surface area contributed by atoms with E-state index in [-0.39, 0.29) is 6.10 Å². The monoisotopic (exact) mass is 277 g/mol. The molecule has 0 radical (unpaired) electrons. The Morgan fingerprint density at radius 3 is 1.95 bits per heavy atom. The van der Waals surface area contributed by atoms with Gasteiger partial charge in [0.15, 0.2) is 0 Å². The van der Waals surface area contributed by atoms with Gasteiger partial charge in [-0.25, -0.2) is 0 Å². The van der Waals surface area contributed by atoms with Gasteiger partial charge in [-0.05, 0) is 31.5 Å². The SMILES string of the molecule is CCCCCN(CCCCC)CC(O)c1ccccc1. The summed E-state index contributed by atoms with van der Waals surface area (Å²) in [4.78, 5) is 2.43. The van der Waals surface area contributed by atoms with Gasteiger partial charge < -0.3 is 10.0 Å². The lowest BCUT2D eigenvalue weighted by atomic mass is 10.1. The summed E-state index contributed by atoms with van der Waals surface area (Å²) in [5, 5.41) is 10.4. The summed E-state index contributed by atoms with van der Waals surface area (Å²) >= 11 is 0. The number of aliphatic hydroxyl groups excluding tert-OH is 1. The molecular formula is C18H31NO. The molecular weight excluding hydrogens is 246 g/mol. The second-order valence-electron chi connectivity index (χ2n) is 5.64. The van der Waals surface area contributed by atoms with E-state index in [1.54, 1.807) is 0 Å². The highest BCUT2D eigenvalue weighted by molar-refractivity contribution is 5.17. The molecule has 114 valence electrons. The van der Waals surface area contributed by atoms with Crippen LogP contribution in [0.2, 0.25) is 0 Å². The second kappa shape index (κ2) is 10.9. The smallest absolute Gasteiger partial charge is 0.0916 e. The topological polar surface area (TPSA) is 23.5 Å². The molecule has 1 aromatic rings. The van der Waals surface area contributed by atoms with Gasteiger partial charge in [0, 0.05) is 6.54 Å². The highest BCUT2D eigenvalue weighted by Gasteiger charge is 2.12. The van der Waals surface area contributed by atoms with E-state index in [4.69, 9.17) is 0 Å². The third-order valence-corrected chi connectivity index (χ3v) is 3.77. The molecule has 0 amide bonds. The predicted molar refractivity (Wildman–Crippen MR) is 86.9 cm³/mol. The van der Waals surface area contributed by atoms with E-state index in [9.17, 15) is 5.11 Å². The molecule has 0 aliphatic heterocycles. The molecule has 1 atom stereocenters. The lowest BCUT2D eigenvalue weighted by Gasteiger charge is -2.25. The van der Waals surface area contributed by atoms with E-state index in [1.165, 1.54) is 38.5 Å². The molecule has 0 heterocycles. The molecule has 0 fully saturated rings. The van der Waals surface area contributed by atoms with Crippen LogP contribution in [0.25, 0.3) is 0 Å². The van der Waals surface area contributed by atoms with Crippen LogP contribution in [0.4, 0.5) is 0 Å². The summed E-state index contributed by atoms with van der Waals surface area (Å²) < 4.78 is 0. The maximum absolute atomic E-state index is 10.4. The van der Waals surface area contributed by atoms with Crippen LogP contribution in [0, 0.1) is 0 Å². The molecule has 1 unspecified atom stereocenters. The van der Waals surface area contributed by atoms with Crippen molar-refractivity contribution in [2.45, 2.75) is 58.5 Å². The quantitative estimate of drug-likeness (QED) is 0.606. The van der Waals surface area contributed by atoms with Crippen molar-refractivity contribution >= 4 is 0 Å². The molecule has 0 spiro atoms. The number of nitrogens with zero attached hydrogens (tertiary/aromatic N) is 1. The predicted octanol–water partition coefficient (Wildman–Crippen LogP) is 4.40. The van der Waals surface area contributed by atoms with Crippen LogP contribution < -0.4 is 0 Å². The third kappa shape index (κ3) is 7.06. The molecule has 0 bridgehead atoms. The standard InChI is InChI=1S/C18H31NO/c1-3-5-10-14-19(15-11-6-4-2)16-18(20)17-12-8-7-9-13-17/h7-9,12-13,18,20H,3-6,10-11,14-16H2,1-2H3. The fourth-order valence-electron chi connectivity index (χ4n) is 2.49. The lowest BCUT2D eigenvalue weighted by molar-refractivity contribution is 0.110. The van der Waals surface area contributed by atoms with E-state index in [1.807, 2.05) is 30.3 Å². The van der Waals surface area contributed by atoms with Crippen LogP contribution in [0.15, 0.2) is 30.3 Å². The van der Waals surface area contributed by atoms with E-state index in [0.717, 1.165) is 25.2 Å². The molecule has 0 saturated heterocycles. The number of benzene rings is 1. The number of rotatable bonds is 11. The maximum Gasteiger partial charge on any atom is 0.0916 e. The van der Waals surface area contributed by atoms with Gasteiger partial charge in [0.2, 0.25) is 0 Å². The average Bonchev–Trinajstić information content (AvgIpc) is 2.48. The fraction of sp³-hybridized carbons (Fsp3) is 0.667. The van der Waals surface area contributed by atoms with Crippen molar-refractivity contribution in [1.82, 2.24) is 4.90 Å². The highest BCUT2D eigenvalue weighted by Crippen LogP contribution is 2.15. The summed E-state index contributed by atoms with van der Waals surface area (Å²) in [5.41, 5.74) is 1.03. The Bertz CT molecular complexity index is 315. The molecule has 2 heteroatoms. The van der Waals surface area contributed by atoms with Gasteiger partial charge in [-0.2, -0.15) is 0 Å². The minimum absolute atomic E-state index is 0.362. The van der Waals surface area contributed by atoms with Gasteiger partial charge >= 0.3 is 0 Å². The first-order chi connectivity index (χ1) is 9.77. The van der Waals surface area contributed by atoms with Crippen LogP contribution in [-0.2, 0) is 0 Å². The summed E-state index contributed by atoms with van der Waals surface area (Å²) in [6.07, 6.45) is 7.19. The minimum Gasteiger partial charge on any atom is -0.387 e. The Balaban J connectivity index is 2.44. The Morgan fingerprint density at radius 1 is 0.900 bits per heavy atom. The zero-order valence-electron chi connectivity index (χ0n) is 13.2. The Hall–Kier alpha value is -0.860. The number of unbranched alkanes of at least 4 members (excludes halogenated alkanes) is 4. The fourth-order valence-corrected chi connectivity index (χ4v) is 2.49. The van der Waals surface area contributed by atoms with E-state index in [0.29, 0.717) is 0 Å². The molecule has 0 aliphatic carbocycles. The second-order valence-corrected chi connectivity index (χ2v) is 5.64. The summed E-state index contributed by atoms with van der Waals surface area (Å²) in [6.45, 7) is 7.46. The summed E-state index contributed by atoms with van der Waals surface area (Å²) in [7, 11) is 0. The van der Waals surface area contributed by atoms with Crippen molar-refractivity contribution in [2.75, 3.05) is 19.6 Å². The number of aliphatic hydroxyl groups is 1. The Morgan fingerprint density at radius 2 is 1.45 bits per heavy atom. The zero-order chi connectivity index (χ0) is 14.6. The van der Waals surface area contributed by atoms with Crippen molar-refractivity contribution in [3.8, 4) is 0 Å². The van der Waals surface area contributed by atoms with Gasteiger partial charge in [0.05, 0.1) is 6.10 Å². The molecule has 2 nitrogen and oxygen atoms in total. The first-order valence-corrected chi connectivity index (χ1v) is 8.23. The van der Waals surface area contributed by atoms with Crippen molar-refractivity contribution in [1.29, 1.82) is 0 Å². The van der Waals surface area contributed by atoms with Crippen LogP contribution in [-0.4, -0.2) is 29.6 Å². The van der Waals surface area contributed by atoms with E-state index < -0.39 is 0 Å². The number of hydrogen-bond acceptors (Lipinski definition) is 2. The van der Waals surface area contributed by atoms with Crippen LogP contribution in [0.3, 0.4) is 0 Å². The third-order valence-electron chi connectivity index (χ3n) is 3.77. The van der Waals surface area contributed by atoms with Crippen LogP contribution in [0.1, 0.15) is 64.0 Å². The zero-order valence-corrected chi connectivity index (χ0v) is 13.2.